The van der Waals surface area contributed by atoms with Gasteiger partial charge in [-0.25, -0.2) is 17.8 Å². The molecule has 0 aromatic heterocycles. The molecule has 0 atom stereocenters. The van der Waals surface area contributed by atoms with Gasteiger partial charge in [-0.1, -0.05) is 0 Å². The number of cyclic esters (lactones) is 1. The van der Waals surface area contributed by atoms with Gasteiger partial charge in [-0.3, -0.25) is 0 Å². The van der Waals surface area contributed by atoms with E-state index in [1.807, 2.05) is 24.3 Å². The van der Waals surface area contributed by atoms with Crippen molar-refractivity contribution >= 4 is 27.6 Å². The first-order valence-corrected chi connectivity index (χ1v) is 9.45. The van der Waals surface area contributed by atoms with Crippen LogP contribution in [0, 0.1) is 0 Å². The molecule has 1 aromatic rings. The molecule has 1 fully saturated rings. The number of alkyl halides is 3. The van der Waals surface area contributed by atoms with Gasteiger partial charge in [-0.15, -0.1) is 0 Å². The number of benzene rings is 1. The lowest BCUT2D eigenvalue weighted by Crippen LogP contribution is -2.22. The minimum atomic E-state index is -6.09. The van der Waals surface area contributed by atoms with E-state index >= 15 is 0 Å². The maximum Gasteiger partial charge on any atom is 0.485 e. The van der Waals surface area contributed by atoms with Crippen LogP contribution in [0.25, 0.3) is 5.76 Å². The smallest absolute Gasteiger partial charge is 0.485 e. The number of carbonyl (C=O) groups excluding carboxylic acids is 1. The molecule has 28 heavy (non-hydrogen) atoms. The minimum absolute atomic E-state index is 0.239. The standard InChI is InChI=1S/C15H14NO4.CHF3O3S/c17-15-11(16-5-1-2-6-16)8-13(20-15)10-3-4-12-14(7-10)19-9-18-12;2-1(3,4)8(5,6)7/h3-4,7-8H,1-2,5-6,9H2;(H,5,6,7)/q+1;/p-1. The fraction of sp³-hybridized carbons (Fsp3) is 0.375. The molecule has 0 N–H and O–H groups in total. The van der Waals surface area contributed by atoms with Gasteiger partial charge in [0.25, 0.3) is 5.71 Å². The molecule has 8 nitrogen and oxygen atoms in total. The van der Waals surface area contributed by atoms with Crippen molar-refractivity contribution in [2.75, 3.05) is 19.9 Å². The van der Waals surface area contributed by atoms with Crippen LogP contribution in [0.5, 0.6) is 11.5 Å². The van der Waals surface area contributed by atoms with Gasteiger partial charge in [-0.05, 0) is 18.2 Å². The summed E-state index contributed by atoms with van der Waals surface area (Å²) in [7, 11) is -6.09. The Labute approximate surface area is 157 Å². The summed E-state index contributed by atoms with van der Waals surface area (Å²) in [6, 6.07) is 5.55. The Morgan fingerprint density at radius 3 is 2.29 bits per heavy atom. The van der Waals surface area contributed by atoms with Gasteiger partial charge in [0, 0.05) is 18.4 Å². The molecule has 3 aliphatic heterocycles. The summed E-state index contributed by atoms with van der Waals surface area (Å²) in [5.74, 6) is 1.73. The number of hydrogen-bond acceptors (Lipinski definition) is 7. The van der Waals surface area contributed by atoms with Crippen LogP contribution in [0.1, 0.15) is 18.4 Å². The third-order valence-corrected chi connectivity index (χ3v) is 4.63. The van der Waals surface area contributed by atoms with Crippen LogP contribution in [0.15, 0.2) is 24.3 Å². The van der Waals surface area contributed by atoms with Crippen LogP contribution in [0.4, 0.5) is 13.2 Å². The average Bonchev–Trinajstić information content (AvgIpc) is 3.33. The topological polar surface area (TPSA) is 105 Å². The third kappa shape index (κ3) is 4.28. The highest BCUT2D eigenvalue weighted by Gasteiger charge is 2.37. The Balaban J connectivity index is 0.000000242. The van der Waals surface area contributed by atoms with Gasteiger partial charge in [0.15, 0.2) is 21.6 Å². The molecule has 152 valence electrons. The average molecular weight is 421 g/mol. The van der Waals surface area contributed by atoms with Crippen LogP contribution in [0.3, 0.4) is 0 Å². The largest absolute Gasteiger partial charge is 0.741 e. The van der Waals surface area contributed by atoms with Crippen molar-refractivity contribution in [3.8, 4) is 11.5 Å². The van der Waals surface area contributed by atoms with Crippen molar-refractivity contribution in [2.24, 2.45) is 0 Å². The number of carbonyl (C=O) groups is 1. The summed E-state index contributed by atoms with van der Waals surface area (Å²) in [5, 5.41) is 0. The fourth-order valence-electron chi connectivity index (χ4n) is 2.74. The highest BCUT2D eigenvalue weighted by Crippen LogP contribution is 2.35. The predicted molar refractivity (Wildman–Crippen MR) is 86.6 cm³/mol. The molecule has 0 unspecified atom stereocenters. The second-order valence-corrected chi connectivity index (χ2v) is 7.32. The Hall–Kier alpha value is -2.60. The zero-order valence-electron chi connectivity index (χ0n) is 14.2. The van der Waals surface area contributed by atoms with E-state index in [2.05, 4.69) is 4.58 Å². The number of rotatable bonds is 1. The summed E-state index contributed by atoms with van der Waals surface area (Å²) in [4.78, 5) is 12.0. The molecule has 3 heterocycles. The molecule has 0 bridgehead atoms. The van der Waals surface area contributed by atoms with E-state index in [0.717, 1.165) is 37.2 Å². The number of fused-ring (bicyclic) bond motifs is 1. The van der Waals surface area contributed by atoms with Crippen molar-refractivity contribution in [3.05, 3.63) is 29.8 Å². The molecule has 0 amide bonds. The molecule has 3 aliphatic rings. The predicted octanol–water partition coefficient (Wildman–Crippen LogP) is 1.61. The first-order valence-electron chi connectivity index (χ1n) is 8.04. The van der Waals surface area contributed by atoms with Crippen molar-refractivity contribution in [3.63, 3.8) is 0 Å². The first kappa shape index (κ1) is 20.1. The molecule has 0 saturated carbocycles. The molecule has 4 rings (SSSR count). The lowest BCUT2D eigenvalue weighted by Gasteiger charge is -2.08. The van der Waals surface area contributed by atoms with E-state index in [0.29, 0.717) is 17.2 Å². The number of halogens is 3. The number of nitrogens with zero attached hydrogens (tertiary/aromatic N) is 1. The maximum absolute atomic E-state index is 12.0. The summed E-state index contributed by atoms with van der Waals surface area (Å²) in [6.07, 6.45) is 4.08. The highest BCUT2D eigenvalue weighted by atomic mass is 32.2. The van der Waals surface area contributed by atoms with E-state index in [1.165, 1.54) is 0 Å². The first-order chi connectivity index (χ1) is 13.1. The van der Waals surface area contributed by atoms with Crippen LogP contribution in [-0.2, 0) is 19.6 Å². The molecule has 1 aromatic carbocycles. The summed E-state index contributed by atoms with van der Waals surface area (Å²) in [6.45, 7) is 2.09. The highest BCUT2D eigenvalue weighted by molar-refractivity contribution is 7.86. The van der Waals surface area contributed by atoms with Gasteiger partial charge in [0.1, 0.15) is 18.8 Å². The van der Waals surface area contributed by atoms with Gasteiger partial charge in [0.05, 0.1) is 6.08 Å². The monoisotopic (exact) mass is 421 g/mol. The molecule has 0 aliphatic carbocycles. The summed E-state index contributed by atoms with van der Waals surface area (Å²) in [5.41, 5.74) is -4.15. The lowest BCUT2D eigenvalue weighted by molar-refractivity contribution is -0.504. The quantitative estimate of drug-likeness (QED) is 0.294. The molecular formula is C16H14F3NO7S. The second-order valence-electron chi connectivity index (χ2n) is 5.95. The summed E-state index contributed by atoms with van der Waals surface area (Å²) >= 11 is 0. The van der Waals surface area contributed by atoms with Crippen molar-refractivity contribution in [2.45, 2.75) is 18.3 Å². The van der Waals surface area contributed by atoms with Crippen molar-refractivity contribution in [1.82, 2.24) is 0 Å². The van der Waals surface area contributed by atoms with Gasteiger partial charge in [-0.2, -0.15) is 13.2 Å². The minimum Gasteiger partial charge on any atom is -0.741 e. The molecular weight excluding hydrogens is 407 g/mol. The number of esters is 1. The van der Waals surface area contributed by atoms with E-state index in [4.69, 9.17) is 27.2 Å². The Bertz CT molecular complexity index is 959. The second kappa shape index (κ2) is 7.43. The third-order valence-electron chi connectivity index (χ3n) is 4.07. The fourth-order valence-corrected chi connectivity index (χ4v) is 2.74. The molecule has 0 spiro atoms. The van der Waals surface area contributed by atoms with Crippen LogP contribution in [-0.4, -0.2) is 54.6 Å². The molecule has 12 heteroatoms. The number of hydrogen-bond donors (Lipinski definition) is 0. The van der Waals surface area contributed by atoms with Gasteiger partial charge in [0.2, 0.25) is 6.79 Å². The summed E-state index contributed by atoms with van der Waals surface area (Å²) < 4.78 is 77.0. The number of ether oxygens (including phenoxy) is 3. The van der Waals surface area contributed by atoms with Gasteiger partial charge < -0.3 is 18.8 Å². The van der Waals surface area contributed by atoms with E-state index in [1.54, 1.807) is 0 Å². The normalized spacial score (nSPS) is 18.6. The van der Waals surface area contributed by atoms with Crippen molar-refractivity contribution in [1.29, 1.82) is 0 Å². The zero-order valence-corrected chi connectivity index (χ0v) is 15.0. The maximum atomic E-state index is 12.0. The van der Waals surface area contributed by atoms with E-state index in [-0.39, 0.29) is 12.8 Å². The Morgan fingerprint density at radius 1 is 1.07 bits per heavy atom. The van der Waals surface area contributed by atoms with Crippen LogP contribution in [0.2, 0.25) is 0 Å². The zero-order chi connectivity index (χ0) is 20.5. The van der Waals surface area contributed by atoms with Crippen molar-refractivity contribution < 1.29 is 49.7 Å². The Morgan fingerprint density at radius 2 is 1.68 bits per heavy atom. The van der Waals surface area contributed by atoms with Gasteiger partial charge >= 0.3 is 11.5 Å². The Kier molecular flexibility index (Phi) is 5.35. The lowest BCUT2D eigenvalue weighted by atomic mass is 10.1. The van der Waals surface area contributed by atoms with E-state index < -0.39 is 15.6 Å². The van der Waals surface area contributed by atoms with Crippen LogP contribution < -0.4 is 9.47 Å². The molecule has 0 radical (unpaired) electrons. The van der Waals surface area contributed by atoms with Crippen LogP contribution >= 0.6 is 0 Å². The molecule has 1 saturated heterocycles. The van der Waals surface area contributed by atoms with E-state index in [9.17, 15) is 18.0 Å². The SMILES string of the molecule is O=C1OC(c2ccc3c(c2)OCO3)=CC1=[N+]1CCCC1.O=S(=O)([O-])C(F)(F)F.